The Morgan fingerprint density at radius 1 is 1.25 bits per heavy atom. The third-order valence-electron chi connectivity index (χ3n) is 4.96. The fourth-order valence-corrected chi connectivity index (χ4v) is 3.18. The van der Waals surface area contributed by atoms with E-state index in [0.717, 1.165) is 24.0 Å². The summed E-state index contributed by atoms with van der Waals surface area (Å²) in [7, 11) is 1.51. The number of nitro benzene ring substituents is 1. The van der Waals surface area contributed by atoms with Crippen molar-refractivity contribution in [3.63, 3.8) is 0 Å². The zero-order valence-corrected chi connectivity index (χ0v) is 17.3. The maximum absolute atomic E-state index is 13.2. The first-order valence-corrected chi connectivity index (χ1v) is 9.31. The van der Waals surface area contributed by atoms with Crippen molar-refractivity contribution in [2.75, 3.05) is 7.11 Å². The molecule has 0 amide bonds. The van der Waals surface area contributed by atoms with Crippen molar-refractivity contribution < 1.29 is 14.5 Å². The summed E-state index contributed by atoms with van der Waals surface area (Å²) in [4.78, 5) is 24.4. The number of aromatic nitrogens is 2. The van der Waals surface area contributed by atoms with Gasteiger partial charge in [-0.25, -0.2) is 4.68 Å². The Kier molecular flexibility index (Phi) is 6.72. The molecule has 1 aromatic carbocycles. The second-order valence-electron chi connectivity index (χ2n) is 6.99. The molecule has 0 atom stereocenters. The van der Waals surface area contributed by atoms with Crippen molar-refractivity contribution in [1.82, 2.24) is 9.78 Å². The molecule has 0 aliphatic rings. The van der Waals surface area contributed by atoms with Crippen LogP contribution in [0.25, 0.3) is 5.57 Å². The zero-order valence-electron chi connectivity index (χ0n) is 17.3. The lowest BCUT2D eigenvalue weighted by atomic mass is 9.90. The lowest BCUT2D eigenvalue weighted by molar-refractivity contribution is -0.385. The van der Waals surface area contributed by atoms with E-state index in [0.29, 0.717) is 34.7 Å². The van der Waals surface area contributed by atoms with Gasteiger partial charge in [-0.1, -0.05) is 18.9 Å². The second kappa shape index (κ2) is 8.82. The van der Waals surface area contributed by atoms with Crippen molar-refractivity contribution >= 4 is 17.0 Å². The molecule has 1 heterocycles. The van der Waals surface area contributed by atoms with Crippen LogP contribution in [0.5, 0.6) is 5.88 Å². The van der Waals surface area contributed by atoms with Gasteiger partial charge >= 0.3 is 0 Å². The largest absolute Gasteiger partial charge is 0.481 e. The van der Waals surface area contributed by atoms with Gasteiger partial charge < -0.3 is 4.74 Å². The lowest BCUT2D eigenvalue weighted by Crippen LogP contribution is -2.09. The summed E-state index contributed by atoms with van der Waals surface area (Å²) >= 11 is 0. The summed E-state index contributed by atoms with van der Waals surface area (Å²) in [5.41, 5.74) is 3.60. The van der Waals surface area contributed by atoms with Crippen LogP contribution >= 0.6 is 0 Å². The van der Waals surface area contributed by atoms with Crippen LogP contribution in [0.3, 0.4) is 0 Å². The summed E-state index contributed by atoms with van der Waals surface area (Å²) in [5, 5.41) is 15.8. The van der Waals surface area contributed by atoms with E-state index in [1.54, 1.807) is 11.6 Å². The van der Waals surface area contributed by atoms with Gasteiger partial charge in [0.25, 0.3) is 5.69 Å². The van der Waals surface area contributed by atoms with E-state index < -0.39 is 4.92 Å². The van der Waals surface area contributed by atoms with Crippen molar-refractivity contribution in [3.8, 4) is 5.88 Å². The highest BCUT2D eigenvalue weighted by Gasteiger charge is 2.26. The SMILES string of the molecule is CCCCn1ncc(C(=O)c2ccc([N+](=O)[O-])c(C(C)=C(C)C)c2C)c1OC. The molecule has 0 saturated carbocycles. The number of nitro groups is 1. The van der Waals surface area contributed by atoms with Gasteiger partial charge in [0.05, 0.1) is 23.8 Å². The maximum Gasteiger partial charge on any atom is 0.277 e. The molecule has 0 radical (unpaired) electrons. The predicted octanol–water partition coefficient (Wildman–Crippen LogP) is 4.95. The minimum absolute atomic E-state index is 0.00152. The molecular formula is C21H27N3O4. The summed E-state index contributed by atoms with van der Waals surface area (Å²) in [6.45, 7) is 10.1. The Bertz CT molecular complexity index is 937. The van der Waals surface area contributed by atoms with Gasteiger partial charge in [0.15, 0.2) is 5.78 Å². The summed E-state index contributed by atoms with van der Waals surface area (Å²) in [6, 6.07) is 2.91. The molecule has 0 bridgehead atoms. The van der Waals surface area contributed by atoms with E-state index >= 15 is 0 Å². The van der Waals surface area contributed by atoms with Crippen LogP contribution in [-0.4, -0.2) is 27.6 Å². The van der Waals surface area contributed by atoms with Crippen molar-refractivity contribution in [2.45, 2.75) is 54.0 Å². The highest BCUT2D eigenvalue weighted by atomic mass is 16.6. The van der Waals surface area contributed by atoms with Gasteiger partial charge in [-0.2, -0.15) is 5.10 Å². The second-order valence-corrected chi connectivity index (χ2v) is 6.99. The van der Waals surface area contributed by atoms with Gasteiger partial charge in [-0.3, -0.25) is 14.9 Å². The fraction of sp³-hybridized carbons (Fsp3) is 0.429. The van der Waals surface area contributed by atoms with E-state index in [2.05, 4.69) is 12.0 Å². The number of allylic oxidation sites excluding steroid dienone is 2. The Morgan fingerprint density at radius 2 is 1.93 bits per heavy atom. The number of hydrogen-bond acceptors (Lipinski definition) is 5. The quantitative estimate of drug-likeness (QED) is 0.364. The summed E-state index contributed by atoms with van der Waals surface area (Å²) in [6.07, 6.45) is 3.43. The Hall–Kier alpha value is -2.96. The molecule has 2 aromatic rings. The van der Waals surface area contributed by atoms with Crippen molar-refractivity contribution in [3.05, 3.63) is 56.3 Å². The van der Waals surface area contributed by atoms with E-state index in [1.807, 2.05) is 20.8 Å². The van der Waals surface area contributed by atoms with Gasteiger partial charge in [0.1, 0.15) is 5.56 Å². The topological polar surface area (TPSA) is 87.3 Å². The average molecular weight is 385 g/mol. The molecule has 28 heavy (non-hydrogen) atoms. The monoisotopic (exact) mass is 385 g/mol. The normalized spacial score (nSPS) is 10.6. The van der Waals surface area contributed by atoms with Crippen LogP contribution in [0.4, 0.5) is 5.69 Å². The molecule has 0 aliphatic heterocycles. The van der Waals surface area contributed by atoms with Crippen LogP contribution in [-0.2, 0) is 6.54 Å². The highest BCUT2D eigenvalue weighted by Crippen LogP contribution is 2.34. The number of rotatable bonds is 8. The van der Waals surface area contributed by atoms with Gasteiger partial charge in [-0.05, 0) is 51.3 Å². The van der Waals surface area contributed by atoms with E-state index in [1.165, 1.54) is 25.4 Å². The van der Waals surface area contributed by atoms with Crippen molar-refractivity contribution in [1.29, 1.82) is 0 Å². The van der Waals surface area contributed by atoms with E-state index in [9.17, 15) is 14.9 Å². The molecule has 7 heteroatoms. The van der Waals surface area contributed by atoms with E-state index in [4.69, 9.17) is 4.74 Å². The van der Waals surface area contributed by atoms with Crippen LogP contribution in [0, 0.1) is 17.0 Å². The molecule has 0 spiro atoms. The van der Waals surface area contributed by atoms with Crippen molar-refractivity contribution in [2.24, 2.45) is 0 Å². The minimum atomic E-state index is -0.410. The molecule has 0 fully saturated rings. The smallest absolute Gasteiger partial charge is 0.277 e. The Balaban J connectivity index is 2.62. The Morgan fingerprint density at radius 3 is 2.46 bits per heavy atom. The van der Waals surface area contributed by atoms with Gasteiger partial charge in [0.2, 0.25) is 5.88 Å². The number of benzene rings is 1. The first-order valence-electron chi connectivity index (χ1n) is 9.31. The van der Waals surface area contributed by atoms with E-state index in [-0.39, 0.29) is 11.5 Å². The number of nitrogens with zero attached hydrogens (tertiary/aromatic N) is 3. The first kappa shape index (κ1) is 21.3. The maximum atomic E-state index is 13.2. The molecule has 0 unspecified atom stereocenters. The average Bonchev–Trinajstić information content (AvgIpc) is 3.07. The molecule has 1 aromatic heterocycles. The molecule has 0 aliphatic carbocycles. The predicted molar refractivity (Wildman–Crippen MR) is 109 cm³/mol. The number of unbranched alkanes of at least 4 members (excludes halogenated alkanes) is 1. The number of carbonyl (C=O) groups is 1. The van der Waals surface area contributed by atoms with Gasteiger partial charge in [0, 0.05) is 18.2 Å². The standard InChI is InChI=1S/C21H27N3O4/c1-7-8-11-23-21(28-6)17(12-22-23)20(25)16-9-10-18(24(26)27)19(15(16)5)14(4)13(2)3/h9-10,12H,7-8,11H2,1-6H3. The number of hydrogen-bond donors (Lipinski definition) is 0. The molecular weight excluding hydrogens is 358 g/mol. The molecule has 2 rings (SSSR count). The number of carbonyl (C=O) groups excluding carboxylic acids is 1. The van der Waals surface area contributed by atoms with Crippen LogP contribution in [0.15, 0.2) is 23.9 Å². The minimum Gasteiger partial charge on any atom is -0.481 e. The number of methoxy groups -OCH3 is 1. The third-order valence-corrected chi connectivity index (χ3v) is 4.96. The number of ketones is 1. The lowest BCUT2D eigenvalue weighted by Gasteiger charge is -2.13. The van der Waals surface area contributed by atoms with Gasteiger partial charge in [-0.15, -0.1) is 0 Å². The molecule has 150 valence electrons. The first-order chi connectivity index (χ1) is 13.2. The van der Waals surface area contributed by atoms with Crippen LogP contribution in [0.1, 0.15) is 67.6 Å². The Labute approximate surface area is 165 Å². The zero-order chi connectivity index (χ0) is 21.0. The number of ether oxygens (including phenoxy) is 1. The fourth-order valence-electron chi connectivity index (χ4n) is 3.18. The summed E-state index contributed by atoms with van der Waals surface area (Å²) in [5.74, 6) is 0.159. The summed E-state index contributed by atoms with van der Waals surface area (Å²) < 4.78 is 7.12. The molecule has 0 N–H and O–H groups in total. The third kappa shape index (κ3) is 3.98. The van der Waals surface area contributed by atoms with Crippen LogP contribution < -0.4 is 4.74 Å². The number of aryl methyl sites for hydroxylation is 1. The van der Waals surface area contributed by atoms with Crippen LogP contribution in [0.2, 0.25) is 0 Å². The molecule has 0 saturated heterocycles. The highest BCUT2D eigenvalue weighted by molar-refractivity contribution is 6.12. The molecule has 7 nitrogen and oxygen atoms in total.